The topological polar surface area (TPSA) is 169 Å². The molecule has 1 aliphatic heterocycles. The summed E-state index contributed by atoms with van der Waals surface area (Å²) in [6.07, 6.45) is 5.66. The molecular weight excluding hydrogens is 570 g/mol. The van der Waals surface area contributed by atoms with Gasteiger partial charge >= 0.3 is 0 Å². The van der Waals surface area contributed by atoms with Gasteiger partial charge in [-0.25, -0.2) is 0 Å². The number of aromatic nitrogens is 4. The van der Waals surface area contributed by atoms with Gasteiger partial charge in [-0.3, -0.25) is 14.4 Å². The third kappa shape index (κ3) is 5.05. The number of tetrazole rings is 1. The van der Waals surface area contributed by atoms with Gasteiger partial charge in [0.25, 0.3) is 11.8 Å². The number of fused-ring (bicyclic) bond motifs is 3. The van der Waals surface area contributed by atoms with Crippen LogP contribution in [0.3, 0.4) is 0 Å². The number of nitriles is 1. The summed E-state index contributed by atoms with van der Waals surface area (Å²) in [7, 11) is 3.23. The molecule has 4 N–H and O–H groups in total. The van der Waals surface area contributed by atoms with E-state index in [1.54, 1.807) is 19.0 Å². The second-order valence-corrected chi connectivity index (χ2v) is 12.8. The Morgan fingerprint density at radius 1 is 1.02 bits per heavy atom. The Labute approximate surface area is 261 Å². The summed E-state index contributed by atoms with van der Waals surface area (Å²) in [6, 6.07) is 13.7. The first kappa shape index (κ1) is 29.1. The smallest absolute Gasteiger partial charge is 0.251 e. The van der Waals surface area contributed by atoms with Crippen molar-refractivity contribution in [1.29, 1.82) is 5.26 Å². The van der Waals surface area contributed by atoms with E-state index < -0.39 is 5.41 Å². The van der Waals surface area contributed by atoms with Crippen molar-refractivity contribution in [2.24, 2.45) is 11.8 Å². The molecule has 0 bridgehead atoms. The van der Waals surface area contributed by atoms with E-state index in [4.69, 9.17) is 0 Å². The SMILES string of the molecule is CNC(=O)c1ccc2c(c1)CCc1cc(C(=O)NC)ccc1C2(C[C@H](NCC(=O)N1[C@H](C#N)C[C@@H]2C[C@@H]21)C1CC1)c1nn[nH]n1. The largest absolute Gasteiger partial charge is 0.355 e. The van der Waals surface area contributed by atoms with Gasteiger partial charge in [0.2, 0.25) is 5.91 Å². The van der Waals surface area contributed by atoms with E-state index in [-0.39, 0.29) is 42.4 Å². The first-order chi connectivity index (χ1) is 21.9. The minimum absolute atomic E-state index is 0.0297. The highest BCUT2D eigenvalue weighted by molar-refractivity contribution is 5.95. The third-order valence-corrected chi connectivity index (χ3v) is 10.3. The number of piperidine rings is 1. The second kappa shape index (κ2) is 11.4. The quantitative estimate of drug-likeness (QED) is 0.285. The van der Waals surface area contributed by atoms with Crippen molar-refractivity contribution in [3.63, 3.8) is 0 Å². The summed E-state index contributed by atoms with van der Waals surface area (Å²) in [5.41, 5.74) is 4.20. The highest BCUT2D eigenvalue weighted by Crippen LogP contribution is 2.50. The van der Waals surface area contributed by atoms with Gasteiger partial charge in [0.1, 0.15) is 6.04 Å². The lowest BCUT2D eigenvalue weighted by atomic mass is 9.67. The van der Waals surface area contributed by atoms with E-state index in [2.05, 4.69) is 42.6 Å². The summed E-state index contributed by atoms with van der Waals surface area (Å²) in [4.78, 5) is 40.7. The van der Waals surface area contributed by atoms with Crippen molar-refractivity contribution in [2.45, 2.75) is 68.5 Å². The molecule has 1 aromatic heterocycles. The molecule has 3 amide bonds. The Bertz CT molecular complexity index is 1630. The lowest BCUT2D eigenvalue weighted by Crippen LogP contribution is -2.48. The maximum atomic E-state index is 13.5. The predicted molar refractivity (Wildman–Crippen MR) is 163 cm³/mol. The number of hydrogen-bond acceptors (Lipinski definition) is 8. The number of likely N-dealkylation sites (tertiary alicyclic amines) is 1. The van der Waals surface area contributed by atoms with Gasteiger partial charge in [-0.15, -0.1) is 10.2 Å². The third-order valence-electron chi connectivity index (χ3n) is 10.3. The number of benzene rings is 2. The molecule has 2 saturated carbocycles. The van der Waals surface area contributed by atoms with Crippen LogP contribution in [0.5, 0.6) is 0 Å². The van der Waals surface area contributed by atoms with E-state index in [0.29, 0.717) is 48.0 Å². The number of H-pyrrole nitrogens is 1. The van der Waals surface area contributed by atoms with Crippen molar-refractivity contribution in [2.75, 3.05) is 20.6 Å². The van der Waals surface area contributed by atoms with Crippen LogP contribution in [0.4, 0.5) is 0 Å². The highest BCUT2D eigenvalue weighted by atomic mass is 16.2. The molecule has 3 aliphatic carbocycles. The summed E-state index contributed by atoms with van der Waals surface area (Å²) < 4.78 is 0. The molecule has 0 spiro atoms. The Hall–Kier alpha value is -4.63. The molecule has 232 valence electrons. The van der Waals surface area contributed by atoms with Crippen LogP contribution in [0.15, 0.2) is 36.4 Å². The number of nitrogens with one attached hydrogen (secondary N) is 4. The Kier molecular flexibility index (Phi) is 7.36. The maximum absolute atomic E-state index is 13.5. The fourth-order valence-electron chi connectivity index (χ4n) is 7.79. The highest BCUT2D eigenvalue weighted by Gasteiger charge is 2.54. The summed E-state index contributed by atoms with van der Waals surface area (Å²) in [6.45, 7) is 0.149. The molecule has 2 aromatic carbocycles. The van der Waals surface area contributed by atoms with Crippen LogP contribution in [0.25, 0.3) is 0 Å². The zero-order valence-electron chi connectivity index (χ0n) is 25.5. The number of nitrogens with zero attached hydrogens (tertiary/aromatic N) is 5. The van der Waals surface area contributed by atoms with Crippen molar-refractivity contribution in [3.05, 3.63) is 75.6 Å². The molecule has 3 fully saturated rings. The molecule has 4 aliphatic rings. The number of aryl methyl sites for hydroxylation is 2. The Morgan fingerprint density at radius 3 is 2.20 bits per heavy atom. The number of rotatable bonds is 9. The average Bonchev–Trinajstić information content (AvgIpc) is 3.98. The Balaban J connectivity index is 1.32. The molecule has 7 rings (SSSR count). The van der Waals surface area contributed by atoms with Crippen molar-refractivity contribution < 1.29 is 14.4 Å². The minimum atomic E-state index is -0.885. The van der Waals surface area contributed by atoms with Crippen LogP contribution in [0.1, 0.15) is 80.9 Å². The zero-order chi connectivity index (χ0) is 31.3. The number of amides is 3. The first-order valence-electron chi connectivity index (χ1n) is 15.8. The molecular formula is C33H37N9O3. The predicted octanol–water partition coefficient (Wildman–Crippen LogP) is 1.62. The van der Waals surface area contributed by atoms with Crippen LogP contribution < -0.4 is 16.0 Å². The normalized spacial score (nSPS) is 23.0. The first-order valence-corrected chi connectivity index (χ1v) is 15.8. The summed E-state index contributed by atoms with van der Waals surface area (Å²) in [5, 5.41) is 34.6. The fraction of sp³-hybridized carbons (Fsp3) is 0.485. The zero-order valence-corrected chi connectivity index (χ0v) is 25.5. The maximum Gasteiger partial charge on any atom is 0.251 e. The summed E-state index contributed by atoms with van der Waals surface area (Å²) >= 11 is 0. The molecule has 12 heteroatoms. The van der Waals surface area contributed by atoms with Crippen molar-refractivity contribution >= 4 is 17.7 Å². The fourth-order valence-corrected chi connectivity index (χ4v) is 7.79. The van der Waals surface area contributed by atoms with Gasteiger partial charge in [0, 0.05) is 37.3 Å². The lowest BCUT2D eigenvalue weighted by Gasteiger charge is -2.37. The van der Waals surface area contributed by atoms with Crippen LogP contribution in [-0.4, -0.2) is 82.0 Å². The number of carbonyl (C=O) groups excluding carboxylic acids is 3. The lowest BCUT2D eigenvalue weighted by molar-refractivity contribution is -0.131. The molecule has 2 heterocycles. The van der Waals surface area contributed by atoms with Crippen LogP contribution in [-0.2, 0) is 23.1 Å². The van der Waals surface area contributed by atoms with Crippen molar-refractivity contribution in [3.8, 4) is 6.07 Å². The molecule has 1 saturated heterocycles. The number of hydrogen-bond donors (Lipinski definition) is 4. The monoisotopic (exact) mass is 607 g/mol. The minimum Gasteiger partial charge on any atom is -0.355 e. The number of carbonyl (C=O) groups is 3. The molecule has 3 aromatic rings. The van der Waals surface area contributed by atoms with Gasteiger partial charge in [-0.2, -0.15) is 10.5 Å². The Morgan fingerprint density at radius 2 is 1.67 bits per heavy atom. The molecule has 45 heavy (non-hydrogen) atoms. The van der Waals surface area contributed by atoms with Crippen molar-refractivity contribution in [1.82, 2.24) is 41.5 Å². The van der Waals surface area contributed by atoms with Crippen LogP contribution in [0, 0.1) is 23.2 Å². The second-order valence-electron chi connectivity index (χ2n) is 12.8. The average molecular weight is 608 g/mol. The number of aromatic amines is 1. The van der Waals surface area contributed by atoms with E-state index in [9.17, 15) is 19.6 Å². The van der Waals surface area contributed by atoms with Gasteiger partial charge < -0.3 is 20.9 Å². The van der Waals surface area contributed by atoms with Crippen LogP contribution >= 0.6 is 0 Å². The molecule has 4 atom stereocenters. The van der Waals surface area contributed by atoms with Gasteiger partial charge in [-0.1, -0.05) is 17.3 Å². The van der Waals surface area contributed by atoms with Gasteiger partial charge in [-0.05, 0) is 103 Å². The van der Waals surface area contributed by atoms with Gasteiger partial charge in [0.05, 0.1) is 18.0 Å². The van der Waals surface area contributed by atoms with E-state index in [1.165, 1.54) is 0 Å². The van der Waals surface area contributed by atoms with E-state index >= 15 is 0 Å². The van der Waals surface area contributed by atoms with Gasteiger partial charge in [0.15, 0.2) is 5.82 Å². The molecule has 0 unspecified atom stereocenters. The van der Waals surface area contributed by atoms with E-state index in [0.717, 1.165) is 47.9 Å². The standard InChI is InChI=1S/C33H37N9O3/c1-35-30(44)21-7-9-25-19(11-21)5-6-20-12-22(31(45)36-2)8-10-26(20)33(25,32-38-40-41-39-32)15-27(18-3-4-18)37-17-29(43)42-24(16-34)13-23-14-28(23)42/h7-12,18,23-24,27-28,37H,3-6,13-15,17H2,1-2H3,(H,35,44)(H,36,45)(H,38,39,40,41)/t23-,24+,27+,28+/m1/s1. The van der Waals surface area contributed by atoms with Crippen LogP contribution in [0.2, 0.25) is 0 Å². The summed E-state index contributed by atoms with van der Waals surface area (Å²) in [5.74, 6) is 0.939. The van der Waals surface area contributed by atoms with E-state index in [1.807, 2.05) is 36.4 Å². The molecule has 12 nitrogen and oxygen atoms in total. The molecule has 0 radical (unpaired) electrons.